The van der Waals surface area contributed by atoms with Crippen LogP contribution in [0.2, 0.25) is 0 Å². The molecule has 4 atom stereocenters. The van der Waals surface area contributed by atoms with Crippen LogP contribution in [0.15, 0.2) is 12.7 Å². The first-order chi connectivity index (χ1) is 9.50. The van der Waals surface area contributed by atoms with Gasteiger partial charge in [0.15, 0.2) is 23.8 Å². The van der Waals surface area contributed by atoms with Crippen molar-refractivity contribution in [2.45, 2.75) is 24.5 Å². The number of ether oxygens (including phenoxy) is 1. The van der Waals surface area contributed by atoms with Gasteiger partial charge < -0.3 is 26.4 Å². The molecule has 1 aliphatic rings. The van der Waals surface area contributed by atoms with E-state index in [-0.39, 0.29) is 5.82 Å². The van der Waals surface area contributed by atoms with Gasteiger partial charge in [-0.1, -0.05) is 0 Å². The average Bonchev–Trinajstić information content (AvgIpc) is 2.94. The second-order valence-corrected chi connectivity index (χ2v) is 4.41. The standard InChI is InChI=1S/C10H12N6O4/c11-7-3-9(14-1-13-7)16(2-15-3)10-5(18)4(17)6(20-10)8(12)19/h1-2,4-6,10,17-18H,(H2,12,19)(H2,11,13,14)/t4-,5+,6-,10+/m0/s1. The van der Waals surface area contributed by atoms with Crippen molar-refractivity contribution in [2.75, 3.05) is 5.73 Å². The molecule has 0 bridgehead atoms. The molecule has 3 rings (SSSR count). The van der Waals surface area contributed by atoms with E-state index in [2.05, 4.69) is 15.0 Å². The Kier molecular flexibility index (Phi) is 2.78. The second-order valence-electron chi connectivity index (χ2n) is 4.41. The number of rotatable bonds is 2. The molecule has 0 saturated carbocycles. The number of aromatic nitrogens is 4. The van der Waals surface area contributed by atoms with E-state index in [9.17, 15) is 15.0 Å². The molecule has 0 aliphatic carbocycles. The van der Waals surface area contributed by atoms with Crippen molar-refractivity contribution >= 4 is 22.9 Å². The molecule has 6 N–H and O–H groups in total. The maximum absolute atomic E-state index is 11.1. The Morgan fingerprint density at radius 3 is 2.70 bits per heavy atom. The highest BCUT2D eigenvalue weighted by molar-refractivity contribution is 5.81. The third-order valence-corrected chi connectivity index (χ3v) is 3.18. The number of nitrogens with two attached hydrogens (primary N) is 2. The lowest BCUT2D eigenvalue weighted by molar-refractivity contribution is -0.134. The molecule has 2 aromatic rings. The lowest BCUT2D eigenvalue weighted by Gasteiger charge is -2.16. The van der Waals surface area contributed by atoms with Crippen LogP contribution in [-0.2, 0) is 9.53 Å². The number of aliphatic hydroxyl groups excluding tert-OH is 2. The largest absolute Gasteiger partial charge is 0.387 e. The zero-order valence-corrected chi connectivity index (χ0v) is 10.1. The van der Waals surface area contributed by atoms with Crippen LogP contribution in [0.5, 0.6) is 0 Å². The fourth-order valence-electron chi connectivity index (χ4n) is 2.18. The number of primary amides is 1. The molecule has 10 heteroatoms. The number of anilines is 1. The van der Waals surface area contributed by atoms with Gasteiger partial charge in [0.05, 0.1) is 6.33 Å². The maximum atomic E-state index is 11.1. The summed E-state index contributed by atoms with van der Waals surface area (Å²) in [5.74, 6) is -0.689. The molecule has 2 aromatic heterocycles. The number of amides is 1. The maximum Gasteiger partial charge on any atom is 0.249 e. The Morgan fingerprint density at radius 2 is 2.05 bits per heavy atom. The molecule has 10 nitrogen and oxygen atoms in total. The lowest BCUT2D eigenvalue weighted by Crippen LogP contribution is -2.39. The Hall–Kier alpha value is -2.30. The first-order valence-electron chi connectivity index (χ1n) is 5.74. The number of hydrogen-bond acceptors (Lipinski definition) is 8. The highest BCUT2D eigenvalue weighted by Crippen LogP contribution is 2.31. The summed E-state index contributed by atoms with van der Waals surface area (Å²) in [5.41, 5.74) is 11.4. The minimum atomic E-state index is -1.42. The fourth-order valence-corrected chi connectivity index (χ4v) is 2.18. The zero-order valence-electron chi connectivity index (χ0n) is 10.1. The van der Waals surface area contributed by atoms with E-state index in [1.54, 1.807) is 0 Å². The van der Waals surface area contributed by atoms with Crippen molar-refractivity contribution in [1.29, 1.82) is 0 Å². The van der Waals surface area contributed by atoms with Gasteiger partial charge in [-0.3, -0.25) is 9.36 Å². The zero-order chi connectivity index (χ0) is 14.4. The number of nitrogen functional groups attached to an aromatic ring is 1. The van der Waals surface area contributed by atoms with E-state index in [0.29, 0.717) is 11.2 Å². The molecular weight excluding hydrogens is 268 g/mol. The first kappa shape index (κ1) is 12.7. The van der Waals surface area contributed by atoms with Crippen LogP contribution in [0.25, 0.3) is 11.2 Å². The molecular formula is C10H12N6O4. The molecule has 0 radical (unpaired) electrons. The number of carbonyl (C=O) groups excluding carboxylic acids is 1. The monoisotopic (exact) mass is 280 g/mol. The van der Waals surface area contributed by atoms with Gasteiger partial charge in [-0.2, -0.15) is 0 Å². The van der Waals surface area contributed by atoms with E-state index < -0.39 is 30.4 Å². The number of carbonyl (C=O) groups is 1. The van der Waals surface area contributed by atoms with Gasteiger partial charge in [-0.05, 0) is 0 Å². The third-order valence-electron chi connectivity index (χ3n) is 3.18. The van der Waals surface area contributed by atoms with Crippen molar-refractivity contribution in [3.63, 3.8) is 0 Å². The molecule has 3 heterocycles. The third kappa shape index (κ3) is 1.70. The van der Waals surface area contributed by atoms with Gasteiger partial charge in [0.1, 0.15) is 24.1 Å². The minimum absolute atomic E-state index is 0.174. The van der Waals surface area contributed by atoms with Crippen molar-refractivity contribution < 1.29 is 19.7 Å². The van der Waals surface area contributed by atoms with E-state index in [0.717, 1.165) is 0 Å². The summed E-state index contributed by atoms with van der Waals surface area (Å²) in [6.45, 7) is 0. The van der Waals surface area contributed by atoms with Crippen LogP contribution in [-0.4, -0.2) is 54.0 Å². The van der Waals surface area contributed by atoms with Crippen LogP contribution in [0.3, 0.4) is 0 Å². The smallest absolute Gasteiger partial charge is 0.249 e. The molecule has 1 aliphatic heterocycles. The molecule has 0 unspecified atom stereocenters. The summed E-state index contributed by atoms with van der Waals surface area (Å²) >= 11 is 0. The summed E-state index contributed by atoms with van der Waals surface area (Å²) in [4.78, 5) is 22.9. The highest BCUT2D eigenvalue weighted by Gasteiger charge is 2.47. The quantitative estimate of drug-likeness (QED) is 0.469. The lowest BCUT2D eigenvalue weighted by atomic mass is 10.1. The Morgan fingerprint density at radius 1 is 1.30 bits per heavy atom. The Bertz CT molecular complexity index is 673. The molecule has 0 spiro atoms. The molecule has 1 amide bonds. The van der Waals surface area contributed by atoms with E-state index in [1.807, 2.05) is 0 Å². The topological polar surface area (TPSA) is 162 Å². The number of hydrogen-bond donors (Lipinski definition) is 4. The van der Waals surface area contributed by atoms with E-state index >= 15 is 0 Å². The summed E-state index contributed by atoms with van der Waals surface area (Å²) < 4.78 is 6.65. The van der Waals surface area contributed by atoms with Crippen molar-refractivity contribution in [1.82, 2.24) is 19.5 Å². The van der Waals surface area contributed by atoms with Gasteiger partial charge >= 0.3 is 0 Å². The van der Waals surface area contributed by atoms with Gasteiger partial charge in [0.25, 0.3) is 0 Å². The molecule has 0 aromatic carbocycles. The molecule has 1 fully saturated rings. The number of imidazole rings is 1. The first-order valence-corrected chi connectivity index (χ1v) is 5.74. The Balaban J connectivity index is 2.04. The fraction of sp³-hybridized carbons (Fsp3) is 0.400. The van der Waals surface area contributed by atoms with Gasteiger partial charge in [0, 0.05) is 0 Å². The highest BCUT2D eigenvalue weighted by atomic mass is 16.6. The van der Waals surface area contributed by atoms with Gasteiger partial charge in [0.2, 0.25) is 5.91 Å². The summed E-state index contributed by atoms with van der Waals surface area (Å²) in [5, 5.41) is 19.7. The van der Waals surface area contributed by atoms with Crippen LogP contribution < -0.4 is 11.5 Å². The summed E-state index contributed by atoms with van der Waals surface area (Å²) in [7, 11) is 0. The summed E-state index contributed by atoms with van der Waals surface area (Å²) in [6, 6.07) is 0. The predicted octanol–water partition coefficient (Wildman–Crippen LogP) is -2.49. The number of fused-ring (bicyclic) bond motifs is 1. The van der Waals surface area contributed by atoms with Crippen molar-refractivity contribution in [3.8, 4) is 0 Å². The summed E-state index contributed by atoms with van der Waals surface area (Å²) in [6.07, 6.45) is -2.54. The normalized spacial score (nSPS) is 29.9. The number of aliphatic hydroxyl groups is 2. The van der Waals surface area contributed by atoms with Crippen LogP contribution >= 0.6 is 0 Å². The van der Waals surface area contributed by atoms with Crippen LogP contribution in [0.1, 0.15) is 6.23 Å². The van der Waals surface area contributed by atoms with Gasteiger partial charge in [-0.15, -0.1) is 0 Å². The van der Waals surface area contributed by atoms with Gasteiger partial charge in [-0.25, -0.2) is 15.0 Å². The SMILES string of the molecule is NC(=O)[C@H]1O[C@@H](n2cnc3c(N)ncnc32)[C@H](O)[C@@H]1O. The molecule has 1 saturated heterocycles. The Labute approximate surface area is 112 Å². The average molecular weight is 280 g/mol. The second kappa shape index (κ2) is 4.37. The van der Waals surface area contributed by atoms with Crippen molar-refractivity contribution in [2.24, 2.45) is 5.73 Å². The van der Waals surface area contributed by atoms with Crippen LogP contribution in [0, 0.1) is 0 Å². The predicted molar refractivity (Wildman–Crippen MR) is 64.9 cm³/mol. The van der Waals surface area contributed by atoms with Crippen LogP contribution in [0.4, 0.5) is 5.82 Å². The van der Waals surface area contributed by atoms with Crippen molar-refractivity contribution in [3.05, 3.63) is 12.7 Å². The molecule has 106 valence electrons. The molecule has 20 heavy (non-hydrogen) atoms. The van der Waals surface area contributed by atoms with E-state index in [1.165, 1.54) is 17.2 Å². The number of nitrogens with zero attached hydrogens (tertiary/aromatic N) is 4. The minimum Gasteiger partial charge on any atom is -0.387 e. The van der Waals surface area contributed by atoms with E-state index in [4.69, 9.17) is 16.2 Å².